The topological polar surface area (TPSA) is 50.7 Å². The van der Waals surface area contributed by atoms with Crippen LogP contribution in [-0.2, 0) is 6.42 Å². The van der Waals surface area contributed by atoms with Crippen molar-refractivity contribution in [2.45, 2.75) is 20.3 Å². The molecule has 1 N–H and O–H groups in total. The van der Waals surface area contributed by atoms with E-state index in [1.807, 2.05) is 19.2 Å². The summed E-state index contributed by atoms with van der Waals surface area (Å²) in [7, 11) is 0. The van der Waals surface area contributed by atoms with E-state index in [0.29, 0.717) is 0 Å². The lowest BCUT2D eigenvalue weighted by Gasteiger charge is -2.07. The predicted molar refractivity (Wildman–Crippen MR) is 104 cm³/mol. The fourth-order valence-electron chi connectivity index (χ4n) is 2.79. The summed E-state index contributed by atoms with van der Waals surface area (Å²) in [5.74, 6) is 0.832. The van der Waals surface area contributed by atoms with E-state index >= 15 is 0 Å². The Labute approximate surface area is 150 Å². The zero-order chi connectivity index (χ0) is 17.2. The number of hydrogen-bond donors (Lipinski definition) is 1. The monoisotopic (exact) mass is 346 g/mol. The van der Waals surface area contributed by atoms with Gasteiger partial charge in [0.25, 0.3) is 0 Å². The maximum absolute atomic E-state index is 4.44. The van der Waals surface area contributed by atoms with Gasteiger partial charge in [-0.25, -0.2) is 9.97 Å². The third-order valence-electron chi connectivity index (χ3n) is 4.23. The van der Waals surface area contributed by atoms with E-state index in [9.17, 15) is 0 Å². The fourth-order valence-corrected chi connectivity index (χ4v) is 3.87. The summed E-state index contributed by atoms with van der Waals surface area (Å²) in [6.45, 7) is 4.18. The Morgan fingerprint density at radius 1 is 1.04 bits per heavy atom. The average molecular weight is 346 g/mol. The molecule has 0 unspecified atom stereocenters. The first-order valence-corrected chi connectivity index (χ1v) is 9.08. The van der Waals surface area contributed by atoms with Crippen molar-refractivity contribution in [1.29, 1.82) is 0 Å². The van der Waals surface area contributed by atoms with Crippen LogP contribution in [0.2, 0.25) is 0 Å². The van der Waals surface area contributed by atoms with E-state index < -0.39 is 0 Å². The van der Waals surface area contributed by atoms with Gasteiger partial charge in [0, 0.05) is 28.0 Å². The lowest BCUT2D eigenvalue weighted by molar-refractivity contribution is 1.14. The summed E-state index contributed by atoms with van der Waals surface area (Å²) < 4.78 is 0. The molecular weight excluding hydrogens is 328 g/mol. The van der Waals surface area contributed by atoms with Crippen LogP contribution in [0.1, 0.15) is 18.2 Å². The van der Waals surface area contributed by atoms with E-state index in [-0.39, 0.29) is 0 Å². The van der Waals surface area contributed by atoms with Crippen molar-refractivity contribution in [2.24, 2.45) is 0 Å². The van der Waals surface area contributed by atoms with Crippen molar-refractivity contribution in [3.63, 3.8) is 0 Å². The number of pyridine rings is 1. The highest BCUT2D eigenvalue weighted by atomic mass is 32.1. The Morgan fingerprint density at radius 2 is 1.88 bits per heavy atom. The Balaban J connectivity index is 1.73. The number of hydrogen-bond acceptors (Lipinski definition) is 5. The quantitative estimate of drug-likeness (QED) is 0.540. The van der Waals surface area contributed by atoms with E-state index in [1.54, 1.807) is 17.7 Å². The number of nitrogens with one attached hydrogen (secondary N) is 1. The third-order valence-corrected chi connectivity index (χ3v) is 5.30. The molecule has 0 saturated carbocycles. The van der Waals surface area contributed by atoms with Crippen LogP contribution < -0.4 is 5.32 Å². The van der Waals surface area contributed by atoms with Gasteiger partial charge in [0.15, 0.2) is 0 Å². The second-order valence-electron chi connectivity index (χ2n) is 5.86. The zero-order valence-corrected chi connectivity index (χ0v) is 15.0. The number of rotatable bonds is 4. The van der Waals surface area contributed by atoms with Crippen LogP contribution in [0.15, 0.2) is 55.0 Å². The summed E-state index contributed by atoms with van der Waals surface area (Å²) in [4.78, 5) is 15.4. The largest absolute Gasteiger partial charge is 0.340 e. The van der Waals surface area contributed by atoms with Gasteiger partial charge in [-0.3, -0.25) is 4.98 Å². The van der Waals surface area contributed by atoms with Crippen molar-refractivity contribution in [2.75, 3.05) is 5.32 Å². The highest BCUT2D eigenvalue weighted by molar-refractivity contribution is 7.21. The first kappa shape index (κ1) is 15.7. The Kier molecular flexibility index (Phi) is 4.15. The minimum absolute atomic E-state index is 0.832. The SMILES string of the molecule is CCc1ccc(Nc2ncnc3sc(-c4cccnc4C)cc23)cc1. The molecule has 3 aromatic heterocycles. The van der Waals surface area contributed by atoms with E-state index in [0.717, 1.165) is 44.3 Å². The maximum atomic E-state index is 4.44. The van der Waals surface area contributed by atoms with E-state index in [4.69, 9.17) is 0 Å². The molecule has 0 bridgehead atoms. The van der Waals surface area contributed by atoms with Crippen molar-refractivity contribution in [1.82, 2.24) is 15.0 Å². The van der Waals surface area contributed by atoms with Crippen LogP contribution in [-0.4, -0.2) is 15.0 Å². The highest BCUT2D eigenvalue weighted by Gasteiger charge is 2.12. The van der Waals surface area contributed by atoms with Gasteiger partial charge in [0.05, 0.1) is 5.39 Å². The molecule has 0 aliphatic carbocycles. The maximum Gasteiger partial charge on any atom is 0.142 e. The molecule has 0 aliphatic heterocycles. The minimum atomic E-state index is 0.832. The molecule has 0 fully saturated rings. The summed E-state index contributed by atoms with van der Waals surface area (Å²) >= 11 is 1.66. The van der Waals surface area contributed by atoms with Crippen LogP contribution in [0.5, 0.6) is 0 Å². The standard InChI is InChI=1S/C20H18N4S/c1-3-14-6-8-15(9-7-14)24-19-17-11-18(25-20(17)23-12-22-19)16-5-4-10-21-13(16)2/h4-12H,3H2,1-2H3,(H,22,23,24). The molecule has 4 rings (SSSR count). The number of fused-ring (bicyclic) bond motifs is 1. The molecule has 4 nitrogen and oxygen atoms in total. The number of aryl methyl sites for hydroxylation is 2. The minimum Gasteiger partial charge on any atom is -0.340 e. The highest BCUT2D eigenvalue weighted by Crippen LogP contribution is 2.36. The van der Waals surface area contributed by atoms with E-state index in [2.05, 4.69) is 63.6 Å². The van der Waals surface area contributed by atoms with Crippen molar-refractivity contribution in [3.8, 4) is 10.4 Å². The third kappa shape index (κ3) is 3.10. The van der Waals surface area contributed by atoms with Crippen LogP contribution in [0, 0.1) is 6.92 Å². The summed E-state index contributed by atoms with van der Waals surface area (Å²) in [5, 5.41) is 4.45. The van der Waals surface area contributed by atoms with Crippen LogP contribution in [0.4, 0.5) is 11.5 Å². The molecule has 0 radical (unpaired) electrons. The lowest BCUT2D eigenvalue weighted by Crippen LogP contribution is -1.94. The molecule has 5 heteroatoms. The van der Waals surface area contributed by atoms with Crippen molar-refractivity contribution >= 4 is 33.1 Å². The summed E-state index contributed by atoms with van der Waals surface area (Å²) in [5.41, 5.74) is 4.51. The van der Waals surface area contributed by atoms with Crippen molar-refractivity contribution < 1.29 is 0 Å². The van der Waals surface area contributed by atoms with Gasteiger partial charge in [0.1, 0.15) is 17.0 Å². The molecule has 25 heavy (non-hydrogen) atoms. The molecule has 3 heterocycles. The second-order valence-corrected chi connectivity index (χ2v) is 6.89. The lowest BCUT2D eigenvalue weighted by atomic mass is 10.1. The smallest absolute Gasteiger partial charge is 0.142 e. The molecular formula is C20H18N4S. The van der Waals surface area contributed by atoms with Gasteiger partial charge < -0.3 is 5.32 Å². The van der Waals surface area contributed by atoms with Crippen molar-refractivity contribution in [3.05, 3.63) is 66.2 Å². The predicted octanol–water partition coefficient (Wildman–Crippen LogP) is 5.37. The molecule has 0 aliphatic rings. The van der Waals surface area contributed by atoms with Gasteiger partial charge in [-0.05, 0) is 43.2 Å². The molecule has 0 atom stereocenters. The number of thiophene rings is 1. The zero-order valence-electron chi connectivity index (χ0n) is 14.2. The molecule has 124 valence electrons. The number of anilines is 2. The number of aromatic nitrogens is 3. The molecule has 0 amide bonds. The average Bonchev–Trinajstić information content (AvgIpc) is 3.08. The normalized spacial score (nSPS) is 11.0. The second kappa shape index (κ2) is 6.61. The van der Waals surface area contributed by atoms with Crippen LogP contribution >= 0.6 is 11.3 Å². The number of benzene rings is 1. The Bertz CT molecular complexity index is 1020. The van der Waals surface area contributed by atoms with Gasteiger partial charge in [-0.15, -0.1) is 11.3 Å². The first-order chi connectivity index (χ1) is 12.2. The fraction of sp³-hybridized carbons (Fsp3) is 0.150. The van der Waals surface area contributed by atoms with Gasteiger partial charge in [0.2, 0.25) is 0 Å². The molecule has 0 saturated heterocycles. The Hall–Kier alpha value is -2.79. The van der Waals surface area contributed by atoms with Gasteiger partial charge >= 0.3 is 0 Å². The Morgan fingerprint density at radius 3 is 2.64 bits per heavy atom. The molecule has 1 aromatic carbocycles. The van der Waals surface area contributed by atoms with Gasteiger partial charge in [-0.2, -0.15) is 0 Å². The molecule has 0 spiro atoms. The van der Waals surface area contributed by atoms with Crippen LogP contribution in [0.3, 0.4) is 0 Å². The van der Waals surface area contributed by atoms with Crippen LogP contribution in [0.25, 0.3) is 20.7 Å². The summed E-state index contributed by atoms with van der Waals surface area (Å²) in [6, 6.07) is 14.7. The van der Waals surface area contributed by atoms with Gasteiger partial charge in [-0.1, -0.05) is 25.1 Å². The molecule has 4 aromatic rings. The first-order valence-electron chi connectivity index (χ1n) is 8.27. The summed E-state index contributed by atoms with van der Waals surface area (Å²) in [6.07, 6.45) is 4.47. The number of nitrogens with zero attached hydrogens (tertiary/aromatic N) is 3. The van der Waals surface area contributed by atoms with E-state index in [1.165, 1.54) is 5.56 Å².